The third-order valence-corrected chi connectivity index (χ3v) is 1.79. The topological polar surface area (TPSA) is 35.2 Å². The molecule has 0 saturated carbocycles. The molecule has 0 aliphatic carbocycles. The number of hydrogen-bond acceptors (Lipinski definition) is 2. The molecule has 0 aliphatic heterocycles. The first-order valence-electron chi connectivity index (χ1n) is 4.45. The summed E-state index contributed by atoms with van der Waals surface area (Å²) in [6.45, 7) is -0.343. The first-order valence-corrected chi connectivity index (χ1v) is 4.45. The zero-order valence-electron chi connectivity index (χ0n) is 7.80. The van der Waals surface area contributed by atoms with E-state index in [4.69, 9.17) is 10.5 Å². The smallest absolute Gasteiger partial charge is 0.165 e. The molecule has 0 heterocycles. The Morgan fingerprint density at radius 2 is 2.14 bits per heavy atom. The van der Waals surface area contributed by atoms with Crippen molar-refractivity contribution in [2.24, 2.45) is 5.73 Å². The molecule has 4 heteroatoms. The molecule has 0 bridgehead atoms. The average molecular weight is 201 g/mol. The molecule has 1 aromatic rings. The van der Waals surface area contributed by atoms with Gasteiger partial charge in [-0.05, 0) is 24.6 Å². The maximum absolute atomic E-state index is 13.2. The number of hydrogen-bond donors (Lipinski definition) is 1. The van der Waals surface area contributed by atoms with E-state index in [0.717, 1.165) is 0 Å². The maximum atomic E-state index is 13.2. The first-order chi connectivity index (χ1) is 6.79. The molecule has 14 heavy (non-hydrogen) atoms. The van der Waals surface area contributed by atoms with Crippen molar-refractivity contribution < 1.29 is 13.5 Å². The summed E-state index contributed by atoms with van der Waals surface area (Å²) in [6.07, 6.45) is 0.527. The van der Waals surface area contributed by atoms with Crippen LogP contribution in [0.2, 0.25) is 0 Å². The van der Waals surface area contributed by atoms with E-state index in [1.54, 1.807) is 12.1 Å². The van der Waals surface area contributed by atoms with Crippen LogP contribution in [0.5, 0.6) is 5.75 Å². The predicted octanol–water partition coefficient (Wildman–Crippen LogP) is 1.68. The number of rotatable bonds is 5. The Bertz CT molecular complexity index is 291. The molecule has 0 saturated heterocycles. The Morgan fingerprint density at radius 3 is 2.79 bits per heavy atom. The van der Waals surface area contributed by atoms with Gasteiger partial charge in [0.05, 0.1) is 0 Å². The minimum Gasteiger partial charge on any atom is -0.487 e. The normalized spacial score (nSPS) is 10.2. The van der Waals surface area contributed by atoms with Crippen LogP contribution in [0.1, 0.15) is 5.56 Å². The average Bonchev–Trinajstić information content (AvgIpc) is 2.18. The molecule has 78 valence electrons. The van der Waals surface area contributed by atoms with Gasteiger partial charge >= 0.3 is 0 Å². The second-order valence-corrected chi connectivity index (χ2v) is 2.80. The van der Waals surface area contributed by atoms with Crippen molar-refractivity contribution in [1.82, 2.24) is 0 Å². The van der Waals surface area contributed by atoms with Crippen LogP contribution in [-0.2, 0) is 6.42 Å². The van der Waals surface area contributed by atoms with Gasteiger partial charge in [0.15, 0.2) is 11.6 Å². The molecule has 0 radical (unpaired) electrons. The summed E-state index contributed by atoms with van der Waals surface area (Å²) in [5.41, 5.74) is 6.04. The van der Waals surface area contributed by atoms with Gasteiger partial charge in [-0.25, -0.2) is 8.78 Å². The van der Waals surface area contributed by atoms with Crippen LogP contribution in [0.4, 0.5) is 8.78 Å². The molecule has 2 N–H and O–H groups in total. The van der Waals surface area contributed by atoms with Crippen molar-refractivity contribution >= 4 is 0 Å². The van der Waals surface area contributed by atoms with Crippen LogP contribution in [0.15, 0.2) is 18.2 Å². The lowest BCUT2D eigenvalue weighted by Crippen LogP contribution is -2.08. The molecule has 0 atom stereocenters. The molecular formula is C10H13F2NO. The summed E-state index contributed by atoms with van der Waals surface area (Å²) in [5, 5.41) is 0. The van der Waals surface area contributed by atoms with Crippen molar-refractivity contribution in [3.8, 4) is 5.75 Å². The Morgan fingerprint density at radius 1 is 1.36 bits per heavy atom. The summed E-state index contributed by atoms with van der Waals surface area (Å²) in [4.78, 5) is 0. The molecule has 1 rings (SSSR count). The fourth-order valence-corrected chi connectivity index (χ4v) is 1.21. The second-order valence-electron chi connectivity index (χ2n) is 2.80. The fourth-order valence-electron chi connectivity index (χ4n) is 1.21. The van der Waals surface area contributed by atoms with Gasteiger partial charge in [-0.2, -0.15) is 0 Å². The molecule has 0 fully saturated rings. The molecule has 1 aromatic carbocycles. The van der Waals surface area contributed by atoms with Gasteiger partial charge in [0.1, 0.15) is 13.3 Å². The summed E-state index contributed by atoms with van der Waals surface area (Å²) >= 11 is 0. The van der Waals surface area contributed by atoms with Gasteiger partial charge in [-0.3, -0.25) is 0 Å². The predicted molar refractivity (Wildman–Crippen MR) is 50.6 cm³/mol. The van der Waals surface area contributed by atoms with E-state index >= 15 is 0 Å². The summed E-state index contributed by atoms with van der Waals surface area (Å²) in [6, 6.07) is 4.60. The van der Waals surface area contributed by atoms with Crippen LogP contribution >= 0.6 is 0 Å². The third kappa shape index (κ3) is 2.67. The molecule has 2 nitrogen and oxygen atoms in total. The number of ether oxygens (including phenoxy) is 1. The number of alkyl halides is 1. The molecule has 0 aromatic heterocycles. The van der Waals surface area contributed by atoms with E-state index in [9.17, 15) is 8.78 Å². The third-order valence-electron chi connectivity index (χ3n) is 1.79. The van der Waals surface area contributed by atoms with Crippen molar-refractivity contribution in [2.75, 3.05) is 19.8 Å². The van der Waals surface area contributed by atoms with Gasteiger partial charge in [-0.1, -0.05) is 12.1 Å². The van der Waals surface area contributed by atoms with Crippen molar-refractivity contribution in [2.45, 2.75) is 6.42 Å². The molecule has 0 aliphatic rings. The number of nitrogens with two attached hydrogens (primary N) is 1. The van der Waals surface area contributed by atoms with Crippen LogP contribution in [0.25, 0.3) is 0 Å². The molecule has 0 unspecified atom stereocenters. The molecular weight excluding hydrogens is 188 g/mol. The molecule has 0 spiro atoms. The van der Waals surface area contributed by atoms with Crippen molar-refractivity contribution in [1.29, 1.82) is 0 Å². The second kappa shape index (κ2) is 5.54. The SMILES string of the molecule is NCCc1cccc(F)c1OCCF. The van der Waals surface area contributed by atoms with E-state index in [2.05, 4.69) is 0 Å². The van der Waals surface area contributed by atoms with Crippen LogP contribution in [-0.4, -0.2) is 19.8 Å². The van der Waals surface area contributed by atoms with Crippen molar-refractivity contribution in [3.05, 3.63) is 29.6 Å². The van der Waals surface area contributed by atoms with Crippen molar-refractivity contribution in [3.63, 3.8) is 0 Å². The summed E-state index contributed by atoms with van der Waals surface area (Å²) in [7, 11) is 0. The van der Waals surface area contributed by atoms with Gasteiger partial charge in [0, 0.05) is 0 Å². The monoisotopic (exact) mass is 201 g/mol. The lowest BCUT2D eigenvalue weighted by Gasteiger charge is -2.10. The van der Waals surface area contributed by atoms with Crippen LogP contribution < -0.4 is 10.5 Å². The highest BCUT2D eigenvalue weighted by Gasteiger charge is 2.08. The lowest BCUT2D eigenvalue weighted by molar-refractivity contribution is 0.260. The Kier molecular flexibility index (Phi) is 4.32. The van der Waals surface area contributed by atoms with Gasteiger partial charge < -0.3 is 10.5 Å². The highest BCUT2D eigenvalue weighted by atomic mass is 19.1. The van der Waals surface area contributed by atoms with E-state index in [1.165, 1.54) is 6.07 Å². The van der Waals surface area contributed by atoms with Gasteiger partial charge in [-0.15, -0.1) is 0 Å². The Hall–Kier alpha value is -1.16. The minimum absolute atomic E-state index is 0.121. The Labute approximate surface area is 81.7 Å². The number of para-hydroxylation sites is 1. The highest BCUT2D eigenvalue weighted by Crippen LogP contribution is 2.22. The summed E-state index contributed by atoms with van der Waals surface area (Å²) in [5.74, 6) is -0.347. The molecule has 0 amide bonds. The van der Waals surface area contributed by atoms with Crippen LogP contribution in [0.3, 0.4) is 0 Å². The van der Waals surface area contributed by atoms with E-state index < -0.39 is 12.5 Å². The van der Waals surface area contributed by atoms with E-state index in [1.807, 2.05) is 0 Å². The number of halogens is 2. The van der Waals surface area contributed by atoms with E-state index in [0.29, 0.717) is 18.5 Å². The van der Waals surface area contributed by atoms with Crippen LogP contribution in [0, 0.1) is 5.82 Å². The fraction of sp³-hybridized carbons (Fsp3) is 0.400. The van der Waals surface area contributed by atoms with E-state index in [-0.39, 0.29) is 12.4 Å². The van der Waals surface area contributed by atoms with Gasteiger partial charge in [0.2, 0.25) is 0 Å². The zero-order valence-corrected chi connectivity index (χ0v) is 7.80. The summed E-state index contributed by atoms with van der Waals surface area (Å²) < 4.78 is 30.0. The quantitative estimate of drug-likeness (QED) is 0.786. The first kappa shape index (κ1) is 10.9. The maximum Gasteiger partial charge on any atom is 0.165 e. The number of benzene rings is 1. The minimum atomic E-state index is -0.629. The Balaban J connectivity index is 2.84. The standard InChI is InChI=1S/C10H13F2NO/c11-5-7-14-10-8(4-6-13)2-1-3-9(10)12/h1-3H,4-7,13H2. The van der Waals surface area contributed by atoms with Gasteiger partial charge in [0.25, 0.3) is 0 Å². The zero-order chi connectivity index (χ0) is 10.4. The highest BCUT2D eigenvalue weighted by molar-refractivity contribution is 5.35. The lowest BCUT2D eigenvalue weighted by atomic mass is 10.1. The largest absolute Gasteiger partial charge is 0.487 e.